The van der Waals surface area contributed by atoms with Crippen LogP contribution < -0.4 is 20.6 Å². The molecule has 0 aliphatic heterocycles. The fourth-order valence-corrected chi connectivity index (χ4v) is 4.15. The average molecular weight is 484 g/mol. The first-order valence-corrected chi connectivity index (χ1v) is 11.3. The Morgan fingerprint density at radius 2 is 2.09 bits per heavy atom. The SMILES string of the molecule is COc1ccc(/C=N\NC(=O)c2nnn(-c3nonc3N)c2CN(C)C2CCCCC2)c(OC)c1. The summed E-state index contributed by atoms with van der Waals surface area (Å²) in [4.78, 5) is 15.2. The van der Waals surface area contributed by atoms with Gasteiger partial charge < -0.3 is 15.2 Å². The largest absolute Gasteiger partial charge is 0.497 e. The molecule has 35 heavy (non-hydrogen) atoms. The van der Waals surface area contributed by atoms with Gasteiger partial charge in [-0.1, -0.05) is 24.5 Å². The van der Waals surface area contributed by atoms with E-state index in [4.69, 9.17) is 19.8 Å². The quantitative estimate of drug-likeness (QED) is 0.339. The van der Waals surface area contributed by atoms with E-state index in [2.05, 4.69) is 36.1 Å². The van der Waals surface area contributed by atoms with Crippen molar-refractivity contribution in [3.8, 4) is 17.3 Å². The maximum atomic E-state index is 13.0. The summed E-state index contributed by atoms with van der Waals surface area (Å²) in [5.41, 5.74) is 9.67. The number of nitrogens with two attached hydrogens (primary N) is 1. The minimum absolute atomic E-state index is 0.0491. The summed E-state index contributed by atoms with van der Waals surface area (Å²) in [7, 11) is 5.14. The van der Waals surface area contributed by atoms with Crippen LogP contribution >= 0.6 is 0 Å². The zero-order valence-corrected chi connectivity index (χ0v) is 20.0. The second-order valence-corrected chi connectivity index (χ2v) is 8.28. The van der Waals surface area contributed by atoms with Crippen molar-refractivity contribution < 1.29 is 18.9 Å². The number of hydrazone groups is 1. The predicted octanol–water partition coefficient (Wildman–Crippen LogP) is 1.78. The Labute approximate surface area is 202 Å². The van der Waals surface area contributed by atoms with Crippen molar-refractivity contribution in [1.82, 2.24) is 35.6 Å². The van der Waals surface area contributed by atoms with Gasteiger partial charge in [-0.15, -0.1) is 5.10 Å². The van der Waals surface area contributed by atoms with E-state index in [1.807, 2.05) is 7.05 Å². The lowest BCUT2D eigenvalue weighted by Crippen LogP contribution is -2.34. The Kier molecular flexibility index (Phi) is 7.55. The highest BCUT2D eigenvalue weighted by Gasteiger charge is 2.27. The Morgan fingerprint density at radius 3 is 2.77 bits per heavy atom. The zero-order valence-electron chi connectivity index (χ0n) is 20.0. The number of carbonyl (C=O) groups is 1. The lowest BCUT2D eigenvalue weighted by atomic mass is 9.94. The summed E-state index contributed by atoms with van der Waals surface area (Å²) in [5, 5.41) is 19.7. The van der Waals surface area contributed by atoms with Crippen LogP contribution in [0.25, 0.3) is 5.82 Å². The monoisotopic (exact) mass is 483 g/mol. The third kappa shape index (κ3) is 5.40. The average Bonchev–Trinajstić information content (AvgIpc) is 3.50. The summed E-state index contributed by atoms with van der Waals surface area (Å²) in [5.74, 6) is 0.898. The number of hydrogen-bond donors (Lipinski definition) is 2. The second-order valence-electron chi connectivity index (χ2n) is 8.28. The molecule has 186 valence electrons. The van der Waals surface area contributed by atoms with Crippen LogP contribution in [0, 0.1) is 0 Å². The number of ether oxygens (including phenoxy) is 2. The summed E-state index contributed by atoms with van der Waals surface area (Å²) in [6, 6.07) is 5.67. The number of nitrogens with one attached hydrogen (secondary N) is 1. The van der Waals surface area contributed by atoms with Crippen LogP contribution in [-0.2, 0) is 6.54 Å². The molecular formula is C22H29N9O4. The zero-order chi connectivity index (χ0) is 24.8. The van der Waals surface area contributed by atoms with Crippen molar-refractivity contribution >= 4 is 17.9 Å². The van der Waals surface area contributed by atoms with E-state index < -0.39 is 5.91 Å². The first-order valence-electron chi connectivity index (χ1n) is 11.3. The molecule has 2 aromatic heterocycles. The van der Waals surface area contributed by atoms with E-state index in [9.17, 15) is 4.79 Å². The van der Waals surface area contributed by atoms with Crippen LogP contribution in [0.2, 0.25) is 0 Å². The van der Waals surface area contributed by atoms with Crippen LogP contribution in [0.15, 0.2) is 27.9 Å². The fraction of sp³-hybridized carbons (Fsp3) is 0.455. The summed E-state index contributed by atoms with van der Waals surface area (Å²) >= 11 is 0. The normalized spacial score (nSPS) is 14.5. The lowest BCUT2D eigenvalue weighted by Gasteiger charge is -2.31. The highest BCUT2D eigenvalue weighted by atomic mass is 16.6. The van der Waals surface area contributed by atoms with E-state index >= 15 is 0 Å². The molecule has 3 N–H and O–H groups in total. The van der Waals surface area contributed by atoms with E-state index in [0.29, 0.717) is 35.3 Å². The van der Waals surface area contributed by atoms with Crippen molar-refractivity contribution in [3.63, 3.8) is 0 Å². The molecule has 4 rings (SSSR count). The smallest absolute Gasteiger partial charge is 0.293 e. The van der Waals surface area contributed by atoms with Crippen molar-refractivity contribution in [2.24, 2.45) is 5.10 Å². The van der Waals surface area contributed by atoms with Gasteiger partial charge in [0.05, 0.1) is 26.1 Å². The molecule has 1 aliphatic carbocycles. The molecule has 0 bridgehead atoms. The number of nitrogen functional groups attached to an aromatic ring is 1. The van der Waals surface area contributed by atoms with Gasteiger partial charge in [-0.3, -0.25) is 9.69 Å². The topological polar surface area (TPSA) is 159 Å². The molecule has 1 aromatic carbocycles. The number of anilines is 1. The molecular weight excluding hydrogens is 454 g/mol. The molecule has 1 amide bonds. The summed E-state index contributed by atoms with van der Waals surface area (Å²) < 4.78 is 16.7. The van der Waals surface area contributed by atoms with E-state index in [-0.39, 0.29) is 17.3 Å². The van der Waals surface area contributed by atoms with E-state index in [0.717, 1.165) is 12.8 Å². The Hall–Kier alpha value is -4.00. The van der Waals surface area contributed by atoms with Crippen LogP contribution in [0.3, 0.4) is 0 Å². The van der Waals surface area contributed by atoms with Gasteiger partial charge in [-0.2, -0.15) is 9.78 Å². The molecule has 1 saturated carbocycles. The van der Waals surface area contributed by atoms with Gasteiger partial charge >= 0.3 is 0 Å². The number of hydrogen-bond acceptors (Lipinski definition) is 11. The fourth-order valence-electron chi connectivity index (χ4n) is 4.15. The molecule has 13 nitrogen and oxygen atoms in total. The minimum Gasteiger partial charge on any atom is -0.497 e. The van der Waals surface area contributed by atoms with Crippen molar-refractivity contribution in [2.45, 2.75) is 44.7 Å². The molecule has 0 radical (unpaired) electrons. The number of nitrogens with zero attached hydrogens (tertiary/aromatic N) is 7. The second kappa shape index (κ2) is 11.0. The van der Waals surface area contributed by atoms with Crippen molar-refractivity contribution in [1.29, 1.82) is 0 Å². The minimum atomic E-state index is -0.526. The highest BCUT2D eigenvalue weighted by molar-refractivity contribution is 5.94. The van der Waals surface area contributed by atoms with Crippen molar-refractivity contribution in [2.75, 3.05) is 27.0 Å². The summed E-state index contributed by atoms with van der Waals surface area (Å²) in [6.45, 7) is 0.405. The number of methoxy groups -OCH3 is 2. The Bertz CT molecular complexity index is 1180. The van der Waals surface area contributed by atoms with Crippen LogP contribution in [-0.4, -0.2) is 69.6 Å². The van der Waals surface area contributed by atoms with Gasteiger partial charge in [0, 0.05) is 24.2 Å². The van der Waals surface area contributed by atoms with Crippen LogP contribution in [0.5, 0.6) is 11.5 Å². The van der Waals surface area contributed by atoms with Gasteiger partial charge in [0.25, 0.3) is 5.91 Å². The van der Waals surface area contributed by atoms with Crippen LogP contribution in [0.1, 0.15) is 53.8 Å². The molecule has 1 aliphatic rings. The third-order valence-corrected chi connectivity index (χ3v) is 6.08. The molecule has 0 atom stereocenters. The van der Waals surface area contributed by atoms with Crippen molar-refractivity contribution in [3.05, 3.63) is 35.2 Å². The molecule has 2 heterocycles. The molecule has 0 saturated heterocycles. The number of benzene rings is 1. The Morgan fingerprint density at radius 1 is 1.29 bits per heavy atom. The van der Waals surface area contributed by atoms with E-state index in [1.54, 1.807) is 32.4 Å². The first-order chi connectivity index (χ1) is 17.0. The van der Waals surface area contributed by atoms with E-state index in [1.165, 1.54) is 30.2 Å². The number of carbonyl (C=O) groups excluding carboxylic acids is 1. The predicted molar refractivity (Wildman–Crippen MR) is 127 cm³/mol. The molecule has 0 unspecified atom stereocenters. The maximum absolute atomic E-state index is 13.0. The van der Waals surface area contributed by atoms with Gasteiger partial charge in [-0.05, 0) is 42.3 Å². The lowest BCUT2D eigenvalue weighted by molar-refractivity contribution is 0.0947. The molecule has 0 spiro atoms. The first kappa shape index (κ1) is 24.1. The highest BCUT2D eigenvalue weighted by Crippen LogP contribution is 2.25. The third-order valence-electron chi connectivity index (χ3n) is 6.08. The Balaban J connectivity index is 1.56. The number of amides is 1. The van der Waals surface area contributed by atoms with Gasteiger partial charge in [0.1, 0.15) is 11.5 Å². The number of rotatable bonds is 9. The van der Waals surface area contributed by atoms with Gasteiger partial charge in [0.2, 0.25) is 11.6 Å². The molecule has 3 aromatic rings. The molecule has 1 fully saturated rings. The standard InChI is InChI=1S/C22H29N9O4/c1-30(15-7-5-4-6-8-15)13-17-19(25-29-31(17)21-20(23)27-35-28-21)22(32)26-24-12-14-9-10-16(33-2)11-18(14)34-3/h9-12,15H,4-8,13H2,1-3H3,(H2,23,27)(H,26,32)/b24-12-. The van der Waals surface area contributed by atoms with Crippen LogP contribution in [0.4, 0.5) is 5.82 Å². The van der Waals surface area contributed by atoms with Gasteiger partial charge in [-0.25, -0.2) is 10.1 Å². The summed E-state index contributed by atoms with van der Waals surface area (Å²) in [6.07, 6.45) is 7.29. The maximum Gasteiger partial charge on any atom is 0.293 e. The molecule has 13 heteroatoms. The number of aromatic nitrogens is 5. The van der Waals surface area contributed by atoms with Gasteiger partial charge in [0.15, 0.2) is 5.69 Å².